The number of aliphatic hydroxyl groups is 3. The zero-order chi connectivity index (χ0) is 40.3. The van der Waals surface area contributed by atoms with E-state index in [1.54, 1.807) is 41.5 Å². The van der Waals surface area contributed by atoms with E-state index in [9.17, 15) is 48.9 Å². The first-order chi connectivity index (χ1) is 24.2. The van der Waals surface area contributed by atoms with Crippen LogP contribution in [-0.2, 0) is 33.6 Å². The molecule has 0 aromatic rings. The minimum absolute atomic E-state index is 0.0568. The van der Waals surface area contributed by atoms with Gasteiger partial charge in [0.25, 0.3) is 0 Å². The second-order valence-corrected chi connectivity index (χ2v) is 13.3. The summed E-state index contributed by atoms with van der Waals surface area (Å²) in [5.41, 5.74) is 16.0. The fraction of sp³-hybridized carbons (Fsp3) is 0.742. The molecule has 0 aliphatic heterocycles. The first-order valence-corrected chi connectivity index (χ1v) is 16.9. The molecule has 6 amide bonds. The summed E-state index contributed by atoms with van der Waals surface area (Å²) in [6.07, 6.45) is 0.192. The molecule has 0 spiro atoms. The first kappa shape index (κ1) is 47.4. The molecule has 52 heavy (non-hydrogen) atoms. The monoisotopic (exact) mass is 746 g/mol. The van der Waals surface area contributed by atoms with E-state index in [2.05, 4.69) is 36.9 Å². The second kappa shape index (κ2) is 23.8. The highest BCUT2D eigenvalue weighted by Crippen LogP contribution is 2.10. The number of carboxylic acids is 1. The van der Waals surface area contributed by atoms with Crippen LogP contribution in [0.1, 0.15) is 60.8 Å². The van der Waals surface area contributed by atoms with E-state index < -0.39 is 115 Å². The Morgan fingerprint density at radius 3 is 1.35 bits per heavy atom. The predicted octanol–water partition coefficient (Wildman–Crippen LogP) is -5.30. The normalized spacial score (nSPS) is 15.2. The van der Waals surface area contributed by atoms with Crippen molar-refractivity contribution in [2.75, 3.05) is 26.4 Å². The SMILES string of the molecule is CC(C)C[C@H](NC(=O)[C@H](CO)NC(=O)[C@@H](NC(=O)[C@@H](N)CO)C(C)C)C(=O)N[C@H](C(=O)N[C@@H](CO)C(=O)N[C@@H](CCCN=C(N)N)C(=O)O)C(C)C. The van der Waals surface area contributed by atoms with E-state index >= 15 is 0 Å². The number of carboxylic acid groups (broad SMARTS) is 1. The molecular weight excluding hydrogens is 688 g/mol. The van der Waals surface area contributed by atoms with Crippen LogP contribution >= 0.6 is 0 Å². The Labute approximate surface area is 302 Å². The van der Waals surface area contributed by atoms with Gasteiger partial charge in [-0.05, 0) is 37.0 Å². The average molecular weight is 747 g/mol. The Bertz CT molecular complexity index is 1240. The number of aliphatic imine (C=N–C) groups is 1. The van der Waals surface area contributed by atoms with E-state index in [1.165, 1.54) is 0 Å². The van der Waals surface area contributed by atoms with Gasteiger partial charge in [-0.3, -0.25) is 33.8 Å². The maximum absolute atomic E-state index is 13.5. The summed E-state index contributed by atoms with van der Waals surface area (Å²) in [5.74, 6) is -8.14. The van der Waals surface area contributed by atoms with Gasteiger partial charge in [0.05, 0.1) is 19.8 Å². The number of hydrogen-bond acceptors (Lipinski definition) is 12. The van der Waals surface area contributed by atoms with Gasteiger partial charge in [-0.15, -0.1) is 0 Å². The quantitative estimate of drug-likeness (QED) is 0.0249. The minimum atomic E-state index is -1.59. The highest BCUT2D eigenvalue weighted by atomic mass is 16.4. The van der Waals surface area contributed by atoms with Crippen LogP contribution in [0.4, 0.5) is 0 Å². The Morgan fingerprint density at radius 2 is 0.981 bits per heavy atom. The van der Waals surface area contributed by atoms with Gasteiger partial charge in [0.15, 0.2) is 5.96 Å². The molecule has 21 heteroatoms. The fourth-order valence-corrected chi connectivity index (χ4v) is 4.59. The number of aliphatic hydroxyl groups excluding tert-OH is 3. The Balaban J connectivity index is 5.82. The number of guanidine groups is 1. The van der Waals surface area contributed by atoms with Crippen molar-refractivity contribution >= 4 is 47.4 Å². The Kier molecular flexibility index (Phi) is 21.7. The molecular formula is C31H58N10O11. The Morgan fingerprint density at radius 1 is 0.577 bits per heavy atom. The fourth-order valence-electron chi connectivity index (χ4n) is 4.59. The van der Waals surface area contributed by atoms with Crippen molar-refractivity contribution in [3.05, 3.63) is 0 Å². The lowest BCUT2D eigenvalue weighted by Crippen LogP contribution is -2.62. The molecule has 0 radical (unpaired) electrons. The van der Waals surface area contributed by atoms with Gasteiger partial charge in [0.2, 0.25) is 35.4 Å². The summed E-state index contributed by atoms with van der Waals surface area (Å²) in [6, 6.07) is -9.61. The van der Waals surface area contributed by atoms with Crippen LogP contribution in [0.2, 0.25) is 0 Å². The Hall–Kier alpha value is -4.60. The minimum Gasteiger partial charge on any atom is -0.480 e. The number of hydrogen-bond donors (Lipinski definition) is 13. The summed E-state index contributed by atoms with van der Waals surface area (Å²) in [6.45, 7) is 7.53. The van der Waals surface area contributed by atoms with Crippen molar-refractivity contribution in [3.8, 4) is 0 Å². The molecule has 7 atom stereocenters. The molecule has 0 aliphatic carbocycles. The van der Waals surface area contributed by atoms with E-state index in [4.69, 9.17) is 22.3 Å². The molecule has 0 saturated heterocycles. The van der Waals surface area contributed by atoms with E-state index in [1.807, 2.05) is 0 Å². The van der Waals surface area contributed by atoms with Crippen molar-refractivity contribution in [2.45, 2.75) is 103 Å². The van der Waals surface area contributed by atoms with E-state index in [-0.39, 0.29) is 37.7 Å². The highest BCUT2D eigenvalue weighted by molar-refractivity contribution is 5.97. The number of aliphatic carboxylic acids is 1. The summed E-state index contributed by atoms with van der Waals surface area (Å²) in [7, 11) is 0. The molecule has 298 valence electrons. The standard InChI is InChI=1S/C31H58N10O11/c1-14(2)10-19(37-27(48)21(13-44)39-28(49)22(15(3)4)40-24(45)17(32)11-42)25(46)41-23(16(5)6)29(50)38-20(12-43)26(47)36-18(30(51)52)8-7-9-35-31(33)34/h14-23,42-44H,7-13,32H2,1-6H3,(H,36,47)(H,37,48)(H,38,50)(H,39,49)(H,40,45)(H,41,46)(H,51,52)(H4,33,34,35)/t17-,18-,19-,20-,21-,22-,23-/m0/s1. The van der Waals surface area contributed by atoms with Crippen LogP contribution in [0.25, 0.3) is 0 Å². The molecule has 0 saturated carbocycles. The maximum Gasteiger partial charge on any atom is 0.326 e. The number of carbonyl (C=O) groups is 7. The molecule has 0 bridgehead atoms. The summed E-state index contributed by atoms with van der Waals surface area (Å²) in [5, 5.41) is 52.7. The molecule has 0 unspecified atom stereocenters. The van der Waals surface area contributed by atoms with Crippen LogP contribution in [0.3, 0.4) is 0 Å². The topological polar surface area (TPSA) is 363 Å². The molecule has 21 nitrogen and oxygen atoms in total. The molecule has 0 aliphatic rings. The van der Waals surface area contributed by atoms with Crippen molar-refractivity contribution in [1.82, 2.24) is 31.9 Å². The first-order valence-electron chi connectivity index (χ1n) is 16.9. The van der Waals surface area contributed by atoms with Crippen LogP contribution in [0.5, 0.6) is 0 Å². The van der Waals surface area contributed by atoms with Gasteiger partial charge in [-0.1, -0.05) is 41.5 Å². The van der Waals surface area contributed by atoms with Crippen molar-refractivity contribution in [1.29, 1.82) is 0 Å². The van der Waals surface area contributed by atoms with Gasteiger partial charge >= 0.3 is 5.97 Å². The number of carbonyl (C=O) groups excluding carboxylic acids is 6. The molecule has 16 N–H and O–H groups in total. The largest absolute Gasteiger partial charge is 0.480 e. The predicted molar refractivity (Wildman–Crippen MR) is 187 cm³/mol. The molecule has 0 fully saturated rings. The van der Waals surface area contributed by atoms with E-state index in [0.717, 1.165) is 0 Å². The smallest absolute Gasteiger partial charge is 0.326 e. The number of nitrogens with one attached hydrogen (secondary N) is 6. The number of rotatable bonds is 24. The third-order valence-electron chi connectivity index (χ3n) is 7.56. The van der Waals surface area contributed by atoms with Crippen LogP contribution in [0, 0.1) is 17.8 Å². The third kappa shape index (κ3) is 17.1. The van der Waals surface area contributed by atoms with Gasteiger partial charge in [-0.25, -0.2) is 4.79 Å². The van der Waals surface area contributed by atoms with E-state index in [0.29, 0.717) is 0 Å². The van der Waals surface area contributed by atoms with Gasteiger partial charge in [0, 0.05) is 6.54 Å². The highest BCUT2D eigenvalue weighted by Gasteiger charge is 2.35. The zero-order valence-electron chi connectivity index (χ0n) is 30.5. The van der Waals surface area contributed by atoms with Crippen LogP contribution in [0.15, 0.2) is 4.99 Å². The summed E-state index contributed by atoms with van der Waals surface area (Å²) in [4.78, 5) is 93.5. The lowest BCUT2D eigenvalue weighted by Gasteiger charge is -2.29. The molecule has 0 aromatic carbocycles. The van der Waals surface area contributed by atoms with Crippen molar-refractivity contribution in [2.24, 2.45) is 39.9 Å². The van der Waals surface area contributed by atoms with Crippen molar-refractivity contribution < 1.29 is 54.0 Å². The number of nitrogens with zero attached hydrogens (tertiary/aromatic N) is 1. The van der Waals surface area contributed by atoms with Gasteiger partial charge in [-0.2, -0.15) is 0 Å². The van der Waals surface area contributed by atoms with Gasteiger partial charge in [0.1, 0.15) is 42.3 Å². The van der Waals surface area contributed by atoms with Crippen LogP contribution in [-0.4, -0.2) is 136 Å². The number of nitrogens with two attached hydrogens (primary N) is 3. The second-order valence-electron chi connectivity index (χ2n) is 13.3. The third-order valence-corrected chi connectivity index (χ3v) is 7.56. The maximum atomic E-state index is 13.5. The zero-order valence-corrected chi connectivity index (χ0v) is 30.5. The average Bonchev–Trinajstić information content (AvgIpc) is 3.06. The lowest BCUT2D eigenvalue weighted by molar-refractivity contribution is -0.143. The summed E-state index contributed by atoms with van der Waals surface area (Å²) >= 11 is 0. The molecule has 0 heterocycles. The van der Waals surface area contributed by atoms with Gasteiger partial charge < -0.3 is 69.5 Å². The summed E-state index contributed by atoms with van der Waals surface area (Å²) < 4.78 is 0. The van der Waals surface area contributed by atoms with Crippen molar-refractivity contribution in [3.63, 3.8) is 0 Å². The lowest BCUT2D eigenvalue weighted by atomic mass is 9.99. The molecule has 0 aromatic heterocycles. The van der Waals surface area contributed by atoms with Crippen LogP contribution < -0.4 is 49.1 Å². The molecule has 0 rings (SSSR count). The number of amides is 6.